The average Bonchev–Trinajstić information content (AvgIpc) is 2.84. The minimum Gasteiger partial charge on any atom is -0.316 e. The van der Waals surface area contributed by atoms with Gasteiger partial charge in [-0.3, -0.25) is 0 Å². The molecule has 0 spiro atoms. The predicted octanol–water partition coefficient (Wildman–Crippen LogP) is 2.24. The quantitative estimate of drug-likeness (QED) is 0.876. The van der Waals surface area contributed by atoms with E-state index >= 15 is 0 Å². The van der Waals surface area contributed by atoms with E-state index in [-0.39, 0.29) is 6.04 Å². The Balaban J connectivity index is 2.32. The molecular formula is C15H24N2O2S. The molecule has 5 heteroatoms. The molecule has 20 heavy (non-hydrogen) atoms. The summed E-state index contributed by atoms with van der Waals surface area (Å²) >= 11 is 0. The largest absolute Gasteiger partial charge is 0.316 e. The van der Waals surface area contributed by atoms with E-state index in [1.165, 1.54) is 0 Å². The van der Waals surface area contributed by atoms with Crippen LogP contribution in [-0.4, -0.2) is 21.5 Å². The Morgan fingerprint density at radius 2 is 1.80 bits per heavy atom. The number of benzene rings is 1. The molecule has 0 amide bonds. The lowest BCUT2D eigenvalue weighted by Gasteiger charge is -2.16. The first-order chi connectivity index (χ1) is 9.44. The average molecular weight is 296 g/mol. The second-order valence-corrected chi connectivity index (χ2v) is 7.36. The maximum absolute atomic E-state index is 12.5. The lowest BCUT2D eigenvalue weighted by molar-refractivity contribution is 0.551. The Hall–Kier alpha value is -0.910. The highest BCUT2D eigenvalue weighted by atomic mass is 32.2. The fourth-order valence-corrected chi connectivity index (χ4v) is 4.45. The fraction of sp³-hybridized carbons (Fsp3) is 0.600. The fourth-order valence-electron chi connectivity index (χ4n) is 2.87. The van der Waals surface area contributed by atoms with E-state index in [1.54, 1.807) is 6.07 Å². The lowest BCUT2D eigenvalue weighted by Crippen LogP contribution is -2.33. The van der Waals surface area contributed by atoms with Gasteiger partial charge in [0.05, 0.1) is 4.90 Å². The van der Waals surface area contributed by atoms with E-state index in [2.05, 4.69) is 10.0 Å². The molecule has 1 aliphatic carbocycles. The summed E-state index contributed by atoms with van der Waals surface area (Å²) in [5.74, 6) is 0. The van der Waals surface area contributed by atoms with Gasteiger partial charge in [0.25, 0.3) is 0 Å². The highest BCUT2D eigenvalue weighted by molar-refractivity contribution is 7.89. The summed E-state index contributed by atoms with van der Waals surface area (Å²) in [5.41, 5.74) is 2.97. The summed E-state index contributed by atoms with van der Waals surface area (Å²) in [7, 11) is -1.54. The first kappa shape index (κ1) is 15.5. The Bertz CT molecular complexity index is 576. The van der Waals surface area contributed by atoms with Crippen LogP contribution in [0.4, 0.5) is 0 Å². The Morgan fingerprint density at radius 3 is 2.40 bits per heavy atom. The highest BCUT2D eigenvalue weighted by Gasteiger charge is 2.24. The van der Waals surface area contributed by atoms with Gasteiger partial charge in [-0.15, -0.1) is 0 Å². The molecule has 2 N–H and O–H groups in total. The molecule has 1 aromatic rings. The molecule has 0 aromatic heterocycles. The van der Waals surface area contributed by atoms with Crippen LogP contribution < -0.4 is 10.0 Å². The van der Waals surface area contributed by atoms with Crippen LogP contribution in [0.3, 0.4) is 0 Å². The van der Waals surface area contributed by atoms with E-state index in [1.807, 2.05) is 27.0 Å². The molecule has 112 valence electrons. The van der Waals surface area contributed by atoms with Crippen molar-refractivity contribution in [3.8, 4) is 0 Å². The van der Waals surface area contributed by atoms with Gasteiger partial charge in [0.1, 0.15) is 0 Å². The molecule has 0 bridgehead atoms. The van der Waals surface area contributed by atoms with E-state index < -0.39 is 10.0 Å². The molecule has 0 radical (unpaired) electrons. The van der Waals surface area contributed by atoms with Gasteiger partial charge in [-0.05, 0) is 56.5 Å². The number of sulfonamides is 1. The van der Waals surface area contributed by atoms with Gasteiger partial charge < -0.3 is 5.32 Å². The van der Waals surface area contributed by atoms with Gasteiger partial charge in [0.15, 0.2) is 0 Å². The van der Waals surface area contributed by atoms with Crippen LogP contribution >= 0.6 is 0 Å². The second-order valence-electron chi connectivity index (χ2n) is 5.68. The summed E-state index contributed by atoms with van der Waals surface area (Å²) in [5, 5.41) is 3.08. The molecule has 0 aliphatic heterocycles. The van der Waals surface area contributed by atoms with Gasteiger partial charge in [-0.2, -0.15) is 0 Å². The third kappa shape index (κ3) is 3.40. The van der Waals surface area contributed by atoms with Crippen molar-refractivity contribution in [2.24, 2.45) is 0 Å². The van der Waals surface area contributed by atoms with Crippen LogP contribution in [0.2, 0.25) is 0 Å². The molecule has 1 fully saturated rings. The van der Waals surface area contributed by atoms with Crippen LogP contribution in [0, 0.1) is 13.8 Å². The van der Waals surface area contributed by atoms with Crippen LogP contribution in [0.25, 0.3) is 0 Å². The van der Waals surface area contributed by atoms with Gasteiger partial charge in [-0.1, -0.05) is 18.9 Å². The van der Waals surface area contributed by atoms with Crippen LogP contribution in [-0.2, 0) is 16.6 Å². The van der Waals surface area contributed by atoms with E-state index in [9.17, 15) is 8.42 Å². The third-order valence-electron chi connectivity index (χ3n) is 3.97. The van der Waals surface area contributed by atoms with Crippen molar-refractivity contribution in [2.75, 3.05) is 7.05 Å². The minimum atomic E-state index is -3.41. The normalized spacial score (nSPS) is 16.8. The summed E-state index contributed by atoms with van der Waals surface area (Å²) in [6, 6.07) is 3.86. The number of nitrogens with one attached hydrogen (secondary N) is 2. The monoisotopic (exact) mass is 296 g/mol. The first-order valence-electron chi connectivity index (χ1n) is 7.21. The predicted molar refractivity (Wildman–Crippen MR) is 81.3 cm³/mol. The topological polar surface area (TPSA) is 58.2 Å². The third-order valence-corrected chi connectivity index (χ3v) is 5.63. The van der Waals surface area contributed by atoms with Gasteiger partial charge >= 0.3 is 0 Å². The molecular weight excluding hydrogens is 272 g/mol. The van der Waals surface area contributed by atoms with E-state index in [0.29, 0.717) is 11.4 Å². The molecule has 2 rings (SSSR count). The van der Waals surface area contributed by atoms with Gasteiger partial charge in [-0.25, -0.2) is 13.1 Å². The van der Waals surface area contributed by atoms with Crippen molar-refractivity contribution in [2.45, 2.75) is 57.0 Å². The lowest BCUT2D eigenvalue weighted by atomic mass is 10.1. The Kier molecular flexibility index (Phi) is 4.83. The maximum Gasteiger partial charge on any atom is 0.241 e. The Labute approximate surface area is 122 Å². The molecule has 0 atom stereocenters. The minimum absolute atomic E-state index is 0.105. The maximum atomic E-state index is 12.5. The zero-order chi connectivity index (χ0) is 14.8. The molecule has 4 nitrogen and oxygen atoms in total. The summed E-state index contributed by atoms with van der Waals surface area (Å²) in [6.07, 6.45) is 4.14. The van der Waals surface area contributed by atoms with E-state index in [0.717, 1.165) is 42.4 Å². The number of aryl methyl sites for hydroxylation is 2. The van der Waals surface area contributed by atoms with Crippen LogP contribution in [0.1, 0.15) is 42.4 Å². The number of hydrogen-bond acceptors (Lipinski definition) is 3. The highest BCUT2D eigenvalue weighted by Crippen LogP contribution is 2.24. The van der Waals surface area contributed by atoms with E-state index in [4.69, 9.17) is 0 Å². The number of hydrogen-bond donors (Lipinski definition) is 2. The SMILES string of the molecule is CNCc1cc(S(=O)(=O)NC2CCCC2)c(C)cc1C. The molecule has 0 heterocycles. The summed E-state index contributed by atoms with van der Waals surface area (Å²) in [6.45, 7) is 4.55. The van der Waals surface area contributed by atoms with Crippen molar-refractivity contribution in [1.82, 2.24) is 10.0 Å². The zero-order valence-electron chi connectivity index (χ0n) is 12.5. The van der Waals surface area contributed by atoms with Crippen molar-refractivity contribution < 1.29 is 8.42 Å². The second kappa shape index (κ2) is 6.24. The summed E-state index contributed by atoms with van der Waals surface area (Å²) in [4.78, 5) is 0.417. The Morgan fingerprint density at radius 1 is 1.15 bits per heavy atom. The van der Waals surface area contributed by atoms with Crippen molar-refractivity contribution in [3.63, 3.8) is 0 Å². The van der Waals surface area contributed by atoms with Crippen molar-refractivity contribution in [3.05, 3.63) is 28.8 Å². The smallest absolute Gasteiger partial charge is 0.241 e. The van der Waals surface area contributed by atoms with Crippen molar-refractivity contribution >= 4 is 10.0 Å². The molecule has 1 aromatic carbocycles. The number of rotatable bonds is 5. The zero-order valence-corrected chi connectivity index (χ0v) is 13.3. The standard InChI is InChI=1S/C15H24N2O2S/c1-11-8-12(2)15(9-13(11)10-16-3)20(18,19)17-14-6-4-5-7-14/h8-9,14,16-17H,4-7,10H2,1-3H3. The van der Waals surface area contributed by atoms with Gasteiger partial charge in [0, 0.05) is 12.6 Å². The van der Waals surface area contributed by atoms with Crippen LogP contribution in [0.5, 0.6) is 0 Å². The molecule has 0 saturated heterocycles. The van der Waals surface area contributed by atoms with Crippen LogP contribution in [0.15, 0.2) is 17.0 Å². The summed E-state index contributed by atoms with van der Waals surface area (Å²) < 4.78 is 27.9. The molecule has 0 unspecified atom stereocenters. The van der Waals surface area contributed by atoms with Crippen molar-refractivity contribution in [1.29, 1.82) is 0 Å². The molecule has 1 saturated carbocycles. The van der Waals surface area contributed by atoms with Gasteiger partial charge in [0.2, 0.25) is 10.0 Å². The first-order valence-corrected chi connectivity index (χ1v) is 8.69. The molecule has 1 aliphatic rings.